The van der Waals surface area contributed by atoms with E-state index in [1.165, 1.54) is 0 Å². The van der Waals surface area contributed by atoms with Crippen LogP contribution in [0.15, 0.2) is 18.2 Å². The monoisotopic (exact) mass is 375 g/mol. The van der Waals surface area contributed by atoms with Crippen molar-refractivity contribution in [2.24, 2.45) is 0 Å². The molecule has 0 aromatic heterocycles. The fourth-order valence-corrected chi connectivity index (χ4v) is 2.35. The summed E-state index contributed by atoms with van der Waals surface area (Å²) in [5.74, 6) is 0.0151. The molecule has 0 aliphatic carbocycles. The third-order valence-corrected chi connectivity index (χ3v) is 3.71. The second-order valence-corrected chi connectivity index (χ2v) is 5.91. The van der Waals surface area contributed by atoms with Crippen LogP contribution in [-0.2, 0) is 0 Å². The highest BCUT2D eigenvalue weighted by molar-refractivity contribution is 14.1. The van der Waals surface area contributed by atoms with E-state index >= 15 is 0 Å². The van der Waals surface area contributed by atoms with Crippen LogP contribution < -0.4 is 0 Å². The molecule has 106 valence electrons. The first-order valence-corrected chi connectivity index (χ1v) is 7.95. The molecule has 3 nitrogen and oxygen atoms in total. The van der Waals surface area contributed by atoms with E-state index in [0.717, 1.165) is 42.3 Å². The van der Waals surface area contributed by atoms with E-state index in [9.17, 15) is 9.90 Å². The van der Waals surface area contributed by atoms with E-state index in [2.05, 4.69) is 36.4 Å². The zero-order valence-electron chi connectivity index (χ0n) is 11.7. The summed E-state index contributed by atoms with van der Waals surface area (Å²) in [6.45, 7) is 5.76. The van der Waals surface area contributed by atoms with Crippen molar-refractivity contribution < 1.29 is 9.90 Å². The number of amides is 1. The smallest absolute Gasteiger partial charge is 0.257 e. The van der Waals surface area contributed by atoms with Crippen LogP contribution in [0.4, 0.5) is 0 Å². The number of benzene rings is 1. The summed E-state index contributed by atoms with van der Waals surface area (Å²) in [5, 5.41) is 9.85. The number of carbonyl (C=O) groups excluding carboxylic acids is 1. The Balaban J connectivity index is 2.87. The van der Waals surface area contributed by atoms with E-state index in [0.29, 0.717) is 5.56 Å². The molecule has 1 aromatic carbocycles. The number of hydrogen-bond donors (Lipinski definition) is 1. The number of rotatable bonds is 7. The third kappa shape index (κ3) is 5.01. The fourth-order valence-electron chi connectivity index (χ4n) is 1.86. The summed E-state index contributed by atoms with van der Waals surface area (Å²) >= 11 is 2.15. The lowest BCUT2D eigenvalue weighted by molar-refractivity contribution is 0.0748. The number of hydrogen-bond acceptors (Lipinski definition) is 2. The van der Waals surface area contributed by atoms with Crippen molar-refractivity contribution >= 4 is 28.5 Å². The maximum atomic E-state index is 12.5. The standard InChI is InChI=1S/C15H22INO2/c1-3-5-9-17(10-6-4-2)15(19)13-11-12(16)7-8-14(13)18/h7-8,11,18H,3-6,9-10H2,1-2H3. The van der Waals surface area contributed by atoms with Crippen LogP contribution in [0.5, 0.6) is 5.75 Å². The highest BCUT2D eigenvalue weighted by atomic mass is 127. The van der Waals surface area contributed by atoms with Crippen LogP contribution in [0.2, 0.25) is 0 Å². The summed E-state index contributed by atoms with van der Waals surface area (Å²) in [5.41, 5.74) is 0.416. The van der Waals surface area contributed by atoms with E-state index < -0.39 is 0 Å². The van der Waals surface area contributed by atoms with E-state index in [1.54, 1.807) is 18.2 Å². The molecule has 0 spiro atoms. The molecule has 1 N–H and O–H groups in total. The third-order valence-electron chi connectivity index (χ3n) is 3.04. The molecular formula is C15H22INO2. The lowest BCUT2D eigenvalue weighted by atomic mass is 10.1. The number of aromatic hydroxyl groups is 1. The SMILES string of the molecule is CCCCN(CCCC)C(=O)c1cc(I)ccc1O. The Morgan fingerprint density at radius 1 is 1.21 bits per heavy atom. The van der Waals surface area contributed by atoms with Gasteiger partial charge >= 0.3 is 0 Å². The van der Waals surface area contributed by atoms with Gasteiger partial charge in [0.1, 0.15) is 5.75 Å². The summed E-state index contributed by atoms with van der Waals surface area (Å²) in [7, 11) is 0. The average molecular weight is 375 g/mol. The van der Waals surface area contributed by atoms with Crippen molar-refractivity contribution in [1.82, 2.24) is 4.90 Å². The number of carbonyl (C=O) groups is 1. The van der Waals surface area contributed by atoms with Crippen LogP contribution in [0, 0.1) is 3.57 Å². The molecule has 0 aliphatic heterocycles. The molecule has 1 rings (SSSR count). The molecule has 4 heteroatoms. The molecule has 1 aromatic rings. The van der Waals surface area contributed by atoms with Gasteiger partial charge in [-0.1, -0.05) is 26.7 Å². The van der Waals surface area contributed by atoms with E-state index in [1.807, 2.05) is 4.90 Å². The molecule has 0 bridgehead atoms. The maximum Gasteiger partial charge on any atom is 0.257 e. The highest BCUT2D eigenvalue weighted by Gasteiger charge is 2.18. The number of phenols is 1. The molecule has 0 atom stereocenters. The Bertz CT molecular complexity index is 413. The van der Waals surface area contributed by atoms with Crippen LogP contribution >= 0.6 is 22.6 Å². The Kier molecular flexibility index (Phi) is 7.20. The zero-order chi connectivity index (χ0) is 14.3. The second kappa shape index (κ2) is 8.40. The lowest BCUT2D eigenvalue weighted by Crippen LogP contribution is -2.33. The summed E-state index contributed by atoms with van der Waals surface area (Å²) in [4.78, 5) is 14.4. The van der Waals surface area contributed by atoms with Crippen molar-refractivity contribution in [3.05, 3.63) is 27.3 Å². The molecule has 19 heavy (non-hydrogen) atoms. The van der Waals surface area contributed by atoms with Crippen molar-refractivity contribution in [2.45, 2.75) is 39.5 Å². The van der Waals surface area contributed by atoms with Gasteiger partial charge in [0.05, 0.1) is 5.56 Å². The molecule has 0 saturated carbocycles. The summed E-state index contributed by atoms with van der Waals surface area (Å²) in [6.07, 6.45) is 4.13. The van der Waals surface area contributed by atoms with Crippen molar-refractivity contribution in [2.75, 3.05) is 13.1 Å². The van der Waals surface area contributed by atoms with Crippen molar-refractivity contribution in [3.63, 3.8) is 0 Å². The van der Waals surface area contributed by atoms with Gasteiger partial charge in [-0.2, -0.15) is 0 Å². The largest absolute Gasteiger partial charge is 0.507 e. The molecule has 0 heterocycles. The molecule has 0 radical (unpaired) electrons. The Hall–Kier alpha value is -0.780. The predicted molar refractivity (Wildman–Crippen MR) is 86.5 cm³/mol. The van der Waals surface area contributed by atoms with Gasteiger partial charge in [0, 0.05) is 16.7 Å². The number of nitrogens with zero attached hydrogens (tertiary/aromatic N) is 1. The van der Waals surface area contributed by atoms with Gasteiger partial charge in [0.25, 0.3) is 5.91 Å². The molecule has 0 fully saturated rings. The molecular weight excluding hydrogens is 353 g/mol. The molecule has 1 amide bonds. The van der Waals surface area contributed by atoms with Gasteiger partial charge in [0.2, 0.25) is 0 Å². The minimum atomic E-state index is -0.0575. The van der Waals surface area contributed by atoms with Gasteiger partial charge < -0.3 is 10.0 Å². The Labute approximate surface area is 129 Å². The molecule has 0 saturated heterocycles. The Morgan fingerprint density at radius 3 is 2.32 bits per heavy atom. The van der Waals surface area contributed by atoms with Crippen LogP contribution in [0.3, 0.4) is 0 Å². The lowest BCUT2D eigenvalue weighted by Gasteiger charge is -2.23. The van der Waals surface area contributed by atoms with Gasteiger partial charge in [0.15, 0.2) is 0 Å². The minimum absolute atomic E-state index is 0.0575. The number of unbranched alkanes of at least 4 members (excludes halogenated alkanes) is 2. The first kappa shape index (κ1) is 16.3. The number of halogens is 1. The topological polar surface area (TPSA) is 40.5 Å². The van der Waals surface area contributed by atoms with E-state index in [4.69, 9.17) is 0 Å². The zero-order valence-corrected chi connectivity index (χ0v) is 13.8. The van der Waals surface area contributed by atoms with Crippen LogP contribution in [-0.4, -0.2) is 29.0 Å². The van der Waals surface area contributed by atoms with Crippen LogP contribution in [0.1, 0.15) is 49.9 Å². The predicted octanol–water partition coefficient (Wildman–Crippen LogP) is 4.04. The molecule has 0 aliphatic rings. The van der Waals surface area contributed by atoms with Gasteiger partial charge in [-0.25, -0.2) is 0 Å². The molecule has 0 unspecified atom stereocenters. The van der Waals surface area contributed by atoms with Gasteiger partial charge in [-0.15, -0.1) is 0 Å². The minimum Gasteiger partial charge on any atom is -0.507 e. The maximum absolute atomic E-state index is 12.5. The van der Waals surface area contributed by atoms with Gasteiger partial charge in [-0.3, -0.25) is 4.79 Å². The van der Waals surface area contributed by atoms with Crippen molar-refractivity contribution in [1.29, 1.82) is 0 Å². The second-order valence-electron chi connectivity index (χ2n) is 4.66. The van der Waals surface area contributed by atoms with E-state index in [-0.39, 0.29) is 11.7 Å². The number of phenolic OH excluding ortho intramolecular Hbond substituents is 1. The Morgan fingerprint density at radius 2 is 1.79 bits per heavy atom. The first-order valence-electron chi connectivity index (χ1n) is 6.88. The quantitative estimate of drug-likeness (QED) is 0.731. The first-order chi connectivity index (χ1) is 9.10. The normalized spacial score (nSPS) is 10.5. The average Bonchev–Trinajstić information content (AvgIpc) is 2.41. The van der Waals surface area contributed by atoms with Gasteiger partial charge in [-0.05, 0) is 53.6 Å². The highest BCUT2D eigenvalue weighted by Crippen LogP contribution is 2.21. The summed E-state index contributed by atoms with van der Waals surface area (Å²) < 4.78 is 0.963. The fraction of sp³-hybridized carbons (Fsp3) is 0.533. The van der Waals surface area contributed by atoms with Crippen LogP contribution in [0.25, 0.3) is 0 Å². The summed E-state index contributed by atoms with van der Waals surface area (Å²) in [6, 6.07) is 5.14. The van der Waals surface area contributed by atoms with Crippen molar-refractivity contribution in [3.8, 4) is 5.75 Å².